The zero-order valence-electron chi connectivity index (χ0n) is 9.05. The Hall–Kier alpha value is -2.30. The Morgan fingerprint density at radius 1 is 1.59 bits per heavy atom. The molecule has 1 aliphatic heterocycles. The fraction of sp³-hybridized carbons (Fsp3) is 0.167. The van der Waals surface area contributed by atoms with Crippen molar-refractivity contribution < 1.29 is 19.4 Å². The van der Waals surface area contributed by atoms with Gasteiger partial charge in [-0.2, -0.15) is 0 Å². The second kappa shape index (κ2) is 4.29. The van der Waals surface area contributed by atoms with E-state index in [9.17, 15) is 9.59 Å². The van der Waals surface area contributed by atoms with Crippen molar-refractivity contribution in [1.82, 2.24) is 0 Å². The first-order chi connectivity index (χ1) is 8.13. The van der Waals surface area contributed by atoms with Gasteiger partial charge in [-0.05, 0) is 18.2 Å². The van der Waals surface area contributed by atoms with Crippen LogP contribution < -0.4 is 9.64 Å². The summed E-state index contributed by atoms with van der Waals surface area (Å²) in [7, 11) is 0. The van der Waals surface area contributed by atoms with Crippen LogP contribution >= 0.6 is 0 Å². The summed E-state index contributed by atoms with van der Waals surface area (Å²) in [4.78, 5) is 24.0. The molecule has 5 heteroatoms. The number of ether oxygens (including phenoxy) is 1. The second-order valence-electron chi connectivity index (χ2n) is 3.57. The van der Waals surface area contributed by atoms with E-state index in [4.69, 9.17) is 9.84 Å². The molecule has 1 aromatic carbocycles. The summed E-state index contributed by atoms with van der Waals surface area (Å²) in [5.41, 5.74) is 0.595. The van der Waals surface area contributed by atoms with Gasteiger partial charge < -0.3 is 14.7 Å². The molecule has 0 spiro atoms. The number of nitrogens with zero attached hydrogens (tertiary/aromatic N) is 1. The maximum absolute atomic E-state index is 11.6. The van der Waals surface area contributed by atoms with Crippen LogP contribution in [0.4, 0.5) is 5.69 Å². The van der Waals surface area contributed by atoms with Crippen molar-refractivity contribution in [3.8, 4) is 5.75 Å². The average molecular weight is 233 g/mol. The number of carbonyl (C=O) groups is 2. The number of fused-ring (bicyclic) bond motifs is 1. The van der Waals surface area contributed by atoms with Gasteiger partial charge in [0.15, 0.2) is 6.61 Å². The minimum Gasteiger partial charge on any atom is -0.482 e. The molecular weight excluding hydrogens is 222 g/mol. The zero-order chi connectivity index (χ0) is 12.4. The van der Waals surface area contributed by atoms with Crippen LogP contribution in [-0.4, -0.2) is 30.1 Å². The first-order valence-corrected chi connectivity index (χ1v) is 5.05. The van der Waals surface area contributed by atoms with Crippen LogP contribution in [0.25, 0.3) is 0 Å². The van der Waals surface area contributed by atoms with Crippen LogP contribution in [0, 0.1) is 0 Å². The predicted octanol–water partition coefficient (Wildman–Crippen LogP) is 1.30. The highest BCUT2D eigenvalue weighted by Gasteiger charge is 2.25. The molecule has 2 rings (SSSR count). The van der Waals surface area contributed by atoms with E-state index in [-0.39, 0.29) is 18.1 Å². The Balaban J connectivity index is 2.48. The molecule has 1 aromatic rings. The highest BCUT2D eigenvalue weighted by molar-refractivity contribution is 6.00. The number of carboxylic acid groups (broad SMARTS) is 1. The van der Waals surface area contributed by atoms with Crippen LogP contribution in [0.1, 0.15) is 10.4 Å². The fourth-order valence-electron chi connectivity index (χ4n) is 1.66. The van der Waals surface area contributed by atoms with Gasteiger partial charge in [0.25, 0.3) is 5.91 Å². The lowest BCUT2D eigenvalue weighted by Crippen LogP contribution is -2.38. The Morgan fingerprint density at radius 2 is 2.35 bits per heavy atom. The molecule has 1 heterocycles. The van der Waals surface area contributed by atoms with E-state index in [0.29, 0.717) is 18.0 Å². The summed E-state index contributed by atoms with van der Waals surface area (Å²) in [6.07, 6.45) is 1.58. The molecule has 0 radical (unpaired) electrons. The number of hydrogen-bond acceptors (Lipinski definition) is 3. The van der Waals surface area contributed by atoms with E-state index in [1.54, 1.807) is 12.1 Å². The largest absolute Gasteiger partial charge is 0.482 e. The van der Waals surface area contributed by atoms with Crippen LogP contribution in [0.2, 0.25) is 0 Å². The van der Waals surface area contributed by atoms with Crippen molar-refractivity contribution in [3.63, 3.8) is 0 Å². The maximum Gasteiger partial charge on any atom is 0.335 e. The number of aromatic carboxylic acids is 1. The molecule has 0 saturated carbocycles. The Morgan fingerprint density at radius 3 is 3.00 bits per heavy atom. The van der Waals surface area contributed by atoms with Crippen LogP contribution in [0.15, 0.2) is 30.9 Å². The minimum absolute atomic E-state index is 0.0345. The van der Waals surface area contributed by atoms with Gasteiger partial charge in [-0.15, -0.1) is 6.58 Å². The molecule has 0 bridgehead atoms. The van der Waals surface area contributed by atoms with E-state index in [0.717, 1.165) is 0 Å². The molecule has 0 unspecified atom stereocenters. The third-order valence-corrected chi connectivity index (χ3v) is 2.46. The Labute approximate surface area is 97.9 Å². The number of carboxylic acids is 1. The van der Waals surface area contributed by atoms with Crippen molar-refractivity contribution in [2.45, 2.75) is 0 Å². The minimum atomic E-state index is -1.04. The lowest BCUT2D eigenvalue weighted by atomic mass is 10.1. The lowest BCUT2D eigenvalue weighted by molar-refractivity contribution is -0.121. The average Bonchev–Trinajstić information content (AvgIpc) is 2.32. The van der Waals surface area contributed by atoms with Gasteiger partial charge in [0.05, 0.1) is 11.3 Å². The van der Waals surface area contributed by atoms with Gasteiger partial charge in [0, 0.05) is 6.54 Å². The van der Waals surface area contributed by atoms with Gasteiger partial charge in [-0.25, -0.2) is 4.79 Å². The Bertz CT molecular complexity index is 495. The summed E-state index contributed by atoms with van der Waals surface area (Å²) in [5, 5.41) is 8.90. The number of hydrogen-bond donors (Lipinski definition) is 1. The highest BCUT2D eigenvalue weighted by Crippen LogP contribution is 2.32. The van der Waals surface area contributed by atoms with Crippen LogP contribution in [0.3, 0.4) is 0 Å². The number of rotatable bonds is 3. The number of anilines is 1. The van der Waals surface area contributed by atoms with Crippen molar-refractivity contribution in [2.24, 2.45) is 0 Å². The van der Waals surface area contributed by atoms with Gasteiger partial charge in [-0.3, -0.25) is 4.79 Å². The molecule has 88 valence electrons. The van der Waals surface area contributed by atoms with E-state index < -0.39 is 5.97 Å². The molecule has 0 aliphatic carbocycles. The molecule has 0 saturated heterocycles. The number of amides is 1. The zero-order valence-corrected chi connectivity index (χ0v) is 9.05. The van der Waals surface area contributed by atoms with E-state index in [1.807, 2.05) is 0 Å². The summed E-state index contributed by atoms with van der Waals surface area (Å²) in [6, 6.07) is 4.43. The molecule has 1 N–H and O–H groups in total. The van der Waals surface area contributed by atoms with Gasteiger partial charge in [-0.1, -0.05) is 6.08 Å². The van der Waals surface area contributed by atoms with Crippen molar-refractivity contribution in [2.75, 3.05) is 18.1 Å². The molecular formula is C12H11NO4. The van der Waals surface area contributed by atoms with Crippen molar-refractivity contribution >= 4 is 17.6 Å². The van der Waals surface area contributed by atoms with E-state index >= 15 is 0 Å². The molecule has 17 heavy (non-hydrogen) atoms. The summed E-state index contributed by atoms with van der Waals surface area (Å²) in [5.74, 6) is -0.735. The maximum atomic E-state index is 11.6. The fourth-order valence-corrected chi connectivity index (χ4v) is 1.66. The van der Waals surface area contributed by atoms with Gasteiger partial charge >= 0.3 is 5.97 Å². The SMILES string of the molecule is C=CCN1C(=O)COc2ccc(C(=O)O)cc21. The molecule has 0 fully saturated rings. The second-order valence-corrected chi connectivity index (χ2v) is 3.57. The molecule has 0 atom stereocenters. The number of carbonyl (C=O) groups excluding carboxylic acids is 1. The normalized spacial score (nSPS) is 13.9. The molecule has 0 aromatic heterocycles. The first-order valence-electron chi connectivity index (χ1n) is 5.05. The van der Waals surface area contributed by atoms with Crippen LogP contribution in [0.5, 0.6) is 5.75 Å². The lowest BCUT2D eigenvalue weighted by Gasteiger charge is -2.28. The monoisotopic (exact) mass is 233 g/mol. The van der Waals surface area contributed by atoms with Crippen LogP contribution in [-0.2, 0) is 4.79 Å². The van der Waals surface area contributed by atoms with Gasteiger partial charge in [0.2, 0.25) is 0 Å². The van der Waals surface area contributed by atoms with Gasteiger partial charge in [0.1, 0.15) is 5.75 Å². The topological polar surface area (TPSA) is 66.8 Å². The molecule has 1 aliphatic rings. The first kappa shape index (κ1) is 11.2. The molecule has 1 amide bonds. The quantitative estimate of drug-likeness (QED) is 0.799. The van der Waals surface area contributed by atoms with E-state index in [2.05, 4.69) is 6.58 Å². The highest BCUT2D eigenvalue weighted by atomic mass is 16.5. The smallest absolute Gasteiger partial charge is 0.335 e. The third-order valence-electron chi connectivity index (χ3n) is 2.46. The third kappa shape index (κ3) is 1.99. The van der Waals surface area contributed by atoms with Crippen molar-refractivity contribution in [1.29, 1.82) is 0 Å². The summed E-state index contributed by atoms with van der Waals surface area (Å²) >= 11 is 0. The standard InChI is InChI=1S/C12H11NO4/c1-2-5-13-9-6-8(12(15)16)3-4-10(9)17-7-11(13)14/h2-4,6H,1,5,7H2,(H,15,16). The van der Waals surface area contributed by atoms with Crippen molar-refractivity contribution in [3.05, 3.63) is 36.4 Å². The Kier molecular flexibility index (Phi) is 2.82. The summed E-state index contributed by atoms with van der Waals surface area (Å²) < 4.78 is 5.23. The molecule has 5 nitrogen and oxygen atoms in total. The van der Waals surface area contributed by atoms with E-state index in [1.165, 1.54) is 17.0 Å². The number of benzene rings is 1. The summed E-state index contributed by atoms with van der Waals surface area (Å²) in [6.45, 7) is 3.87. The predicted molar refractivity (Wildman–Crippen MR) is 61.4 cm³/mol.